The first-order chi connectivity index (χ1) is 17.6. The van der Waals surface area contributed by atoms with Gasteiger partial charge >= 0.3 is 5.97 Å². The molecule has 1 aliphatic heterocycles. The number of aliphatic carboxylic acids is 1. The van der Waals surface area contributed by atoms with Gasteiger partial charge in [0, 0.05) is 36.6 Å². The lowest BCUT2D eigenvalue weighted by molar-refractivity contribution is -0.136. The second-order valence-corrected chi connectivity index (χ2v) is 10.3. The normalized spacial score (nSPS) is 13.3. The van der Waals surface area contributed by atoms with Crippen LogP contribution in [0, 0.1) is 12.7 Å². The highest BCUT2D eigenvalue weighted by Gasteiger charge is 2.22. The van der Waals surface area contributed by atoms with E-state index >= 15 is 0 Å². The Hall–Kier alpha value is -3.58. The molecule has 0 spiro atoms. The van der Waals surface area contributed by atoms with Crippen LogP contribution < -0.4 is 15.0 Å². The average Bonchev–Trinajstić information content (AvgIpc) is 2.86. The van der Waals surface area contributed by atoms with Gasteiger partial charge in [-0.15, -0.1) is 0 Å². The maximum atomic E-state index is 14.4. The van der Waals surface area contributed by atoms with Crippen LogP contribution in [-0.2, 0) is 24.2 Å². The number of halogens is 1. The van der Waals surface area contributed by atoms with E-state index in [1.165, 1.54) is 22.9 Å². The molecule has 0 fully saturated rings. The number of aryl methyl sites for hydroxylation is 2. The lowest BCUT2D eigenvalue weighted by Gasteiger charge is -2.34. The third-order valence-electron chi connectivity index (χ3n) is 6.61. The Morgan fingerprint density at radius 1 is 1.11 bits per heavy atom. The van der Waals surface area contributed by atoms with Crippen LogP contribution >= 0.6 is 0 Å². The molecule has 196 valence electrons. The Kier molecular flexibility index (Phi) is 8.03. The molecule has 3 aromatic carbocycles. The number of anilines is 3. The minimum absolute atomic E-state index is 0.0922. The van der Waals surface area contributed by atoms with E-state index in [2.05, 4.69) is 29.3 Å². The van der Waals surface area contributed by atoms with E-state index in [0.717, 1.165) is 36.4 Å². The molecular weight excluding hydrogens is 471 g/mol. The van der Waals surface area contributed by atoms with E-state index < -0.39 is 17.4 Å². The van der Waals surface area contributed by atoms with E-state index in [4.69, 9.17) is 9.84 Å². The van der Waals surface area contributed by atoms with Gasteiger partial charge in [0.15, 0.2) is 0 Å². The second-order valence-electron chi connectivity index (χ2n) is 10.3. The molecule has 0 saturated carbocycles. The standard InChI is InChI=1S/C30H35FN2O4/c1-20-23(18-32-24-10-8-21(27(31)17-24)9-15-28(34)35)7-6-22-5-4-16-33(29(20)22)25-11-13-26(14-12-25)37-19-30(2,3)36/h6-8,10-14,17,32,36H,4-5,9,15-16,18-19H2,1-3H3,(H,34,35). The molecule has 3 aromatic rings. The molecule has 0 saturated heterocycles. The SMILES string of the molecule is Cc1c(CNc2ccc(CCC(=O)O)c(F)c2)ccc2c1N(c1ccc(OCC(C)(C)O)cc1)CCC2. The Labute approximate surface area is 217 Å². The van der Waals surface area contributed by atoms with Crippen LogP contribution in [0.1, 0.15) is 48.9 Å². The molecule has 0 aliphatic carbocycles. The van der Waals surface area contributed by atoms with Crippen molar-refractivity contribution < 1.29 is 24.1 Å². The van der Waals surface area contributed by atoms with Crippen molar-refractivity contribution in [3.8, 4) is 5.75 Å². The molecule has 4 rings (SSSR count). The molecule has 0 bridgehead atoms. The van der Waals surface area contributed by atoms with Crippen LogP contribution in [-0.4, -0.2) is 34.9 Å². The molecule has 0 aromatic heterocycles. The second kappa shape index (κ2) is 11.2. The van der Waals surface area contributed by atoms with Crippen LogP contribution in [0.3, 0.4) is 0 Å². The van der Waals surface area contributed by atoms with Crippen molar-refractivity contribution in [2.24, 2.45) is 0 Å². The summed E-state index contributed by atoms with van der Waals surface area (Å²) in [5.41, 5.74) is 6.10. The summed E-state index contributed by atoms with van der Waals surface area (Å²) in [7, 11) is 0. The van der Waals surface area contributed by atoms with Gasteiger partial charge < -0.3 is 25.2 Å². The molecule has 1 aliphatic rings. The summed E-state index contributed by atoms with van der Waals surface area (Å²) in [5, 5.41) is 22.1. The highest BCUT2D eigenvalue weighted by molar-refractivity contribution is 5.73. The summed E-state index contributed by atoms with van der Waals surface area (Å²) >= 11 is 0. The predicted molar refractivity (Wildman–Crippen MR) is 144 cm³/mol. The van der Waals surface area contributed by atoms with E-state index in [1.807, 2.05) is 24.3 Å². The summed E-state index contributed by atoms with van der Waals surface area (Å²) in [6, 6.07) is 17.2. The van der Waals surface area contributed by atoms with Crippen LogP contribution in [0.15, 0.2) is 54.6 Å². The zero-order valence-corrected chi connectivity index (χ0v) is 21.7. The first kappa shape index (κ1) is 26.5. The van der Waals surface area contributed by atoms with Crippen molar-refractivity contribution in [2.75, 3.05) is 23.4 Å². The van der Waals surface area contributed by atoms with Gasteiger partial charge in [0.2, 0.25) is 0 Å². The topological polar surface area (TPSA) is 82.0 Å². The fourth-order valence-corrected chi connectivity index (χ4v) is 4.65. The van der Waals surface area contributed by atoms with Crippen LogP contribution in [0.2, 0.25) is 0 Å². The predicted octanol–water partition coefficient (Wildman–Crippen LogP) is 6.00. The van der Waals surface area contributed by atoms with E-state index in [9.17, 15) is 14.3 Å². The van der Waals surface area contributed by atoms with Crippen molar-refractivity contribution in [3.63, 3.8) is 0 Å². The lowest BCUT2D eigenvalue weighted by atomic mass is 9.94. The highest BCUT2D eigenvalue weighted by Crippen LogP contribution is 2.38. The van der Waals surface area contributed by atoms with Crippen molar-refractivity contribution >= 4 is 23.0 Å². The Morgan fingerprint density at radius 3 is 2.51 bits per heavy atom. The van der Waals surface area contributed by atoms with Crippen LogP contribution in [0.25, 0.3) is 0 Å². The van der Waals surface area contributed by atoms with E-state index in [1.54, 1.807) is 26.0 Å². The highest BCUT2D eigenvalue weighted by atomic mass is 19.1. The van der Waals surface area contributed by atoms with Gasteiger partial charge in [-0.2, -0.15) is 0 Å². The molecule has 1 heterocycles. The van der Waals surface area contributed by atoms with E-state index in [-0.39, 0.29) is 19.4 Å². The van der Waals surface area contributed by atoms with Crippen molar-refractivity contribution in [3.05, 3.63) is 82.7 Å². The lowest BCUT2D eigenvalue weighted by Crippen LogP contribution is -2.28. The number of rotatable bonds is 10. The number of ether oxygens (including phenoxy) is 1. The molecular formula is C30H35FN2O4. The number of benzene rings is 3. The molecule has 7 heteroatoms. The van der Waals surface area contributed by atoms with Gasteiger partial charge in [-0.1, -0.05) is 18.2 Å². The van der Waals surface area contributed by atoms with Crippen molar-refractivity contribution in [1.82, 2.24) is 0 Å². The molecule has 0 unspecified atom stereocenters. The fraction of sp³-hybridized carbons (Fsp3) is 0.367. The molecule has 3 N–H and O–H groups in total. The summed E-state index contributed by atoms with van der Waals surface area (Å²) in [6.07, 6.45) is 2.17. The zero-order valence-electron chi connectivity index (χ0n) is 21.7. The van der Waals surface area contributed by atoms with Crippen molar-refractivity contribution in [2.45, 2.75) is 58.6 Å². The Morgan fingerprint density at radius 2 is 1.84 bits per heavy atom. The first-order valence-corrected chi connectivity index (χ1v) is 12.7. The van der Waals surface area contributed by atoms with Crippen molar-refractivity contribution in [1.29, 1.82) is 0 Å². The summed E-state index contributed by atoms with van der Waals surface area (Å²) < 4.78 is 20.2. The van der Waals surface area contributed by atoms with Crippen LogP contribution in [0.5, 0.6) is 5.75 Å². The van der Waals surface area contributed by atoms with Gasteiger partial charge in [0.05, 0.1) is 5.60 Å². The smallest absolute Gasteiger partial charge is 0.303 e. The number of nitrogens with zero attached hydrogens (tertiary/aromatic N) is 1. The maximum absolute atomic E-state index is 14.4. The average molecular weight is 507 g/mol. The number of carboxylic acids is 1. The monoisotopic (exact) mass is 506 g/mol. The molecule has 0 amide bonds. The number of carboxylic acid groups (broad SMARTS) is 1. The third kappa shape index (κ3) is 6.80. The fourth-order valence-electron chi connectivity index (χ4n) is 4.65. The maximum Gasteiger partial charge on any atom is 0.303 e. The number of nitrogens with one attached hydrogen (secondary N) is 1. The van der Waals surface area contributed by atoms with E-state index in [0.29, 0.717) is 17.8 Å². The Bertz CT molecular complexity index is 1250. The third-order valence-corrected chi connectivity index (χ3v) is 6.61. The number of fused-ring (bicyclic) bond motifs is 1. The minimum Gasteiger partial charge on any atom is -0.491 e. The Balaban J connectivity index is 1.49. The number of hydrogen-bond acceptors (Lipinski definition) is 5. The molecule has 0 atom stereocenters. The quantitative estimate of drug-likeness (QED) is 0.313. The largest absolute Gasteiger partial charge is 0.491 e. The molecule has 0 radical (unpaired) electrons. The number of carbonyl (C=O) groups is 1. The molecule has 37 heavy (non-hydrogen) atoms. The summed E-state index contributed by atoms with van der Waals surface area (Å²) in [6.45, 7) is 7.25. The van der Waals surface area contributed by atoms with Crippen LogP contribution in [0.4, 0.5) is 21.5 Å². The summed E-state index contributed by atoms with van der Waals surface area (Å²) in [4.78, 5) is 13.1. The number of aliphatic hydroxyl groups is 1. The minimum atomic E-state index is -0.937. The van der Waals surface area contributed by atoms with Gasteiger partial charge in [-0.25, -0.2) is 4.39 Å². The first-order valence-electron chi connectivity index (χ1n) is 12.7. The van der Waals surface area contributed by atoms with Gasteiger partial charge in [0.25, 0.3) is 0 Å². The molecule has 6 nitrogen and oxygen atoms in total. The van der Waals surface area contributed by atoms with Gasteiger partial charge in [-0.3, -0.25) is 4.79 Å². The van der Waals surface area contributed by atoms with Gasteiger partial charge in [-0.05, 0) is 98.7 Å². The number of hydrogen-bond donors (Lipinski definition) is 3. The summed E-state index contributed by atoms with van der Waals surface area (Å²) in [5.74, 6) is -0.609. The van der Waals surface area contributed by atoms with Gasteiger partial charge in [0.1, 0.15) is 18.2 Å². The zero-order chi connectivity index (χ0) is 26.6.